The molecule has 1 amide bonds. The Morgan fingerprint density at radius 3 is 2.70 bits per heavy atom. The third kappa shape index (κ3) is 5.47. The van der Waals surface area contributed by atoms with E-state index in [1.165, 1.54) is 36.1 Å². The van der Waals surface area contributed by atoms with E-state index in [4.69, 9.17) is 0 Å². The van der Waals surface area contributed by atoms with Gasteiger partial charge in [0.1, 0.15) is 0 Å². The summed E-state index contributed by atoms with van der Waals surface area (Å²) in [5.41, 5.74) is 3.85. The molecule has 3 heteroatoms. The quantitative estimate of drug-likeness (QED) is 0.588. The molecule has 0 bridgehead atoms. The highest BCUT2D eigenvalue weighted by atomic mass is 16.2. The van der Waals surface area contributed by atoms with E-state index in [9.17, 15) is 4.79 Å². The Kier molecular flexibility index (Phi) is 7.14. The molecule has 0 N–H and O–H groups in total. The zero-order chi connectivity index (χ0) is 19.1. The van der Waals surface area contributed by atoms with Crippen molar-refractivity contribution in [1.82, 2.24) is 9.47 Å². The first-order valence-electron chi connectivity index (χ1n) is 10.7. The van der Waals surface area contributed by atoms with Gasteiger partial charge in [-0.15, -0.1) is 0 Å². The SMILES string of the molecule is CCCCC(=O)N(Cc1cccn1Cc1cccc(C)c1)C1CCCCC1. The molecule has 0 spiro atoms. The number of hydrogen-bond donors (Lipinski definition) is 0. The van der Waals surface area contributed by atoms with Crippen LogP contribution >= 0.6 is 0 Å². The predicted octanol–water partition coefficient (Wildman–Crippen LogP) is 5.70. The maximum atomic E-state index is 13.0. The Bertz CT molecular complexity index is 727. The maximum Gasteiger partial charge on any atom is 0.223 e. The molecule has 1 saturated carbocycles. The number of carbonyl (C=O) groups excluding carboxylic acids is 1. The Morgan fingerprint density at radius 2 is 1.96 bits per heavy atom. The largest absolute Gasteiger partial charge is 0.345 e. The van der Waals surface area contributed by atoms with E-state index in [0.29, 0.717) is 18.4 Å². The van der Waals surface area contributed by atoms with Crippen LogP contribution in [0.3, 0.4) is 0 Å². The monoisotopic (exact) mass is 366 g/mol. The Labute approximate surface area is 164 Å². The van der Waals surface area contributed by atoms with Crippen LogP contribution in [0.4, 0.5) is 0 Å². The molecule has 0 aliphatic heterocycles. The Hall–Kier alpha value is -2.03. The Morgan fingerprint density at radius 1 is 1.15 bits per heavy atom. The van der Waals surface area contributed by atoms with Gasteiger partial charge in [0.25, 0.3) is 0 Å². The van der Waals surface area contributed by atoms with Crippen LogP contribution in [-0.4, -0.2) is 21.4 Å². The molecule has 3 rings (SSSR count). The summed E-state index contributed by atoms with van der Waals surface area (Å²) in [5, 5.41) is 0. The van der Waals surface area contributed by atoms with E-state index in [1.54, 1.807) is 0 Å². The van der Waals surface area contributed by atoms with Crippen LogP contribution in [0.25, 0.3) is 0 Å². The number of aromatic nitrogens is 1. The van der Waals surface area contributed by atoms with Crippen LogP contribution in [0, 0.1) is 6.92 Å². The van der Waals surface area contributed by atoms with E-state index >= 15 is 0 Å². The van der Waals surface area contributed by atoms with Gasteiger partial charge in [-0.3, -0.25) is 4.79 Å². The van der Waals surface area contributed by atoms with Crippen LogP contribution in [0.2, 0.25) is 0 Å². The highest BCUT2D eigenvalue weighted by Crippen LogP contribution is 2.25. The van der Waals surface area contributed by atoms with Gasteiger partial charge in [-0.1, -0.05) is 62.4 Å². The van der Waals surface area contributed by atoms with Gasteiger partial charge in [0, 0.05) is 30.9 Å². The van der Waals surface area contributed by atoms with E-state index in [1.807, 2.05) is 0 Å². The van der Waals surface area contributed by atoms with E-state index in [-0.39, 0.29) is 0 Å². The van der Waals surface area contributed by atoms with Gasteiger partial charge in [-0.25, -0.2) is 0 Å². The van der Waals surface area contributed by atoms with Crippen molar-refractivity contribution < 1.29 is 4.79 Å². The average Bonchev–Trinajstić information content (AvgIpc) is 3.11. The highest BCUT2D eigenvalue weighted by molar-refractivity contribution is 5.76. The molecule has 1 aliphatic carbocycles. The minimum Gasteiger partial charge on any atom is -0.345 e. The fourth-order valence-electron chi connectivity index (χ4n) is 4.21. The zero-order valence-electron chi connectivity index (χ0n) is 17.0. The molecule has 1 fully saturated rings. The molecule has 1 aromatic carbocycles. The number of aryl methyl sites for hydroxylation is 1. The maximum absolute atomic E-state index is 13.0. The van der Waals surface area contributed by atoms with Crippen LogP contribution in [0.1, 0.15) is 75.1 Å². The lowest BCUT2D eigenvalue weighted by Crippen LogP contribution is -2.41. The second-order valence-electron chi connectivity index (χ2n) is 8.03. The number of benzene rings is 1. The molecular formula is C24H34N2O. The summed E-state index contributed by atoms with van der Waals surface area (Å²) < 4.78 is 2.30. The van der Waals surface area contributed by atoms with Crippen molar-refractivity contribution in [3.05, 3.63) is 59.4 Å². The molecule has 0 radical (unpaired) electrons. The molecule has 1 heterocycles. The van der Waals surface area contributed by atoms with Gasteiger partial charge in [0.2, 0.25) is 5.91 Å². The fourth-order valence-corrected chi connectivity index (χ4v) is 4.21. The fraction of sp³-hybridized carbons (Fsp3) is 0.542. The molecule has 146 valence electrons. The summed E-state index contributed by atoms with van der Waals surface area (Å²) >= 11 is 0. The predicted molar refractivity (Wildman–Crippen MR) is 112 cm³/mol. The average molecular weight is 367 g/mol. The van der Waals surface area contributed by atoms with Crippen molar-refractivity contribution in [3.8, 4) is 0 Å². The zero-order valence-corrected chi connectivity index (χ0v) is 17.0. The molecule has 1 aliphatic rings. The summed E-state index contributed by atoms with van der Waals surface area (Å²) in [5.74, 6) is 0.340. The third-order valence-electron chi connectivity index (χ3n) is 5.77. The topological polar surface area (TPSA) is 25.2 Å². The molecule has 1 aromatic heterocycles. The van der Waals surface area contributed by atoms with Crippen LogP contribution in [-0.2, 0) is 17.9 Å². The first kappa shape index (κ1) is 19.7. The van der Waals surface area contributed by atoms with Crippen LogP contribution in [0.15, 0.2) is 42.6 Å². The number of nitrogens with zero attached hydrogens (tertiary/aromatic N) is 2. The lowest BCUT2D eigenvalue weighted by molar-refractivity contribution is -0.135. The lowest BCUT2D eigenvalue weighted by Gasteiger charge is -2.35. The molecule has 2 aromatic rings. The van der Waals surface area contributed by atoms with Gasteiger partial charge in [0.05, 0.1) is 6.54 Å². The van der Waals surface area contributed by atoms with E-state index in [0.717, 1.165) is 38.8 Å². The number of amides is 1. The second-order valence-corrected chi connectivity index (χ2v) is 8.03. The molecule has 0 saturated heterocycles. The Balaban J connectivity index is 1.75. The number of rotatable bonds is 8. The van der Waals surface area contributed by atoms with Gasteiger partial charge in [0.15, 0.2) is 0 Å². The van der Waals surface area contributed by atoms with Crippen molar-refractivity contribution in [2.24, 2.45) is 0 Å². The number of unbranched alkanes of at least 4 members (excludes halogenated alkanes) is 1. The van der Waals surface area contributed by atoms with Gasteiger partial charge >= 0.3 is 0 Å². The van der Waals surface area contributed by atoms with Crippen molar-refractivity contribution in [1.29, 1.82) is 0 Å². The molecule has 3 nitrogen and oxygen atoms in total. The van der Waals surface area contributed by atoms with Gasteiger partial charge in [-0.05, 0) is 43.9 Å². The summed E-state index contributed by atoms with van der Waals surface area (Å²) in [4.78, 5) is 15.1. The number of hydrogen-bond acceptors (Lipinski definition) is 1. The van der Waals surface area contributed by atoms with Crippen molar-refractivity contribution in [2.45, 2.75) is 84.3 Å². The van der Waals surface area contributed by atoms with Crippen molar-refractivity contribution in [2.75, 3.05) is 0 Å². The minimum atomic E-state index is 0.340. The smallest absolute Gasteiger partial charge is 0.223 e. The number of carbonyl (C=O) groups is 1. The molecule has 0 unspecified atom stereocenters. The summed E-state index contributed by atoms with van der Waals surface area (Å²) in [6, 6.07) is 13.4. The lowest BCUT2D eigenvalue weighted by atomic mass is 9.93. The summed E-state index contributed by atoms with van der Waals surface area (Å²) in [7, 11) is 0. The first-order chi connectivity index (χ1) is 13.2. The van der Waals surface area contributed by atoms with Crippen LogP contribution < -0.4 is 0 Å². The summed E-state index contributed by atoms with van der Waals surface area (Å²) in [6.45, 7) is 5.90. The third-order valence-corrected chi connectivity index (χ3v) is 5.77. The van der Waals surface area contributed by atoms with E-state index in [2.05, 4.69) is 65.9 Å². The first-order valence-corrected chi connectivity index (χ1v) is 10.7. The normalized spacial score (nSPS) is 15.0. The van der Waals surface area contributed by atoms with Gasteiger partial charge < -0.3 is 9.47 Å². The second kappa shape index (κ2) is 9.77. The summed E-state index contributed by atoms with van der Waals surface area (Å²) in [6.07, 6.45) is 11.1. The van der Waals surface area contributed by atoms with E-state index < -0.39 is 0 Å². The highest BCUT2D eigenvalue weighted by Gasteiger charge is 2.25. The van der Waals surface area contributed by atoms with Gasteiger partial charge in [-0.2, -0.15) is 0 Å². The molecule has 27 heavy (non-hydrogen) atoms. The van der Waals surface area contributed by atoms with Crippen LogP contribution in [0.5, 0.6) is 0 Å². The minimum absolute atomic E-state index is 0.340. The van der Waals surface area contributed by atoms with Crippen molar-refractivity contribution >= 4 is 5.91 Å². The van der Waals surface area contributed by atoms with Crippen molar-refractivity contribution in [3.63, 3.8) is 0 Å². The molecular weight excluding hydrogens is 332 g/mol. The molecule has 0 atom stereocenters. The standard InChI is InChI=1S/C24H34N2O/c1-3-4-15-24(27)26(22-12-6-5-7-13-22)19-23-14-9-16-25(23)18-21-11-8-10-20(2)17-21/h8-11,14,16-17,22H,3-7,12-13,15,18-19H2,1-2H3.